The molecular weight excluding hydrogens is 292 g/mol. The molecule has 2 aromatic rings. The van der Waals surface area contributed by atoms with Crippen LogP contribution in [-0.4, -0.2) is 26.8 Å². The highest BCUT2D eigenvalue weighted by molar-refractivity contribution is 7.98. The summed E-state index contributed by atoms with van der Waals surface area (Å²) < 4.78 is 2.47. The van der Waals surface area contributed by atoms with Crippen molar-refractivity contribution in [2.75, 3.05) is 6.26 Å². The highest BCUT2D eigenvalue weighted by Crippen LogP contribution is 2.38. The molecule has 0 atom stereocenters. The van der Waals surface area contributed by atoms with Crippen molar-refractivity contribution in [3.05, 3.63) is 29.6 Å². The molecule has 2 aliphatic carbocycles. The summed E-state index contributed by atoms with van der Waals surface area (Å²) >= 11 is 1.61. The number of nitrogens with two attached hydrogens (primary N) is 1. The fourth-order valence-electron chi connectivity index (χ4n) is 3.80. The second kappa shape index (κ2) is 5.70. The first-order chi connectivity index (χ1) is 10.8. The van der Waals surface area contributed by atoms with Crippen LogP contribution < -0.4 is 5.73 Å². The van der Waals surface area contributed by atoms with E-state index < -0.39 is 0 Å². The van der Waals surface area contributed by atoms with Gasteiger partial charge < -0.3 is 10.3 Å². The number of thioether (sulfide) groups is 1. The lowest BCUT2D eigenvalue weighted by Gasteiger charge is -2.30. The Kier molecular flexibility index (Phi) is 3.70. The number of aryl methyl sites for hydroxylation is 2. The molecule has 0 aliphatic heterocycles. The molecule has 4 rings (SSSR count). The van der Waals surface area contributed by atoms with Crippen molar-refractivity contribution in [3.8, 4) is 11.4 Å². The summed E-state index contributed by atoms with van der Waals surface area (Å²) in [6, 6.07) is 3.25. The van der Waals surface area contributed by atoms with Crippen LogP contribution in [0.5, 0.6) is 0 Å². The van der Waals surface area contributed by atoms with Crippen LogP contribution in [-0.2, 0) is 12.8 Å². The zero-order valence-electron chi connectivity index (χ0n) is 13.0. The van der Waals surface area contributed by atoms with Crippen LogP contribution in [0.25, 0.3) is 11.4 Å². The van der Waals surface area contributed by atoms with E-state index in [2.05, 4.69) is 21.8 Å². The van der Waals surface area contributed by atoms with E-state index in [-0.39, 0.29) is 0 Å². The molecule has 2 aromatic heterocycles. The normalized spacial score (nSPS) is 23.9. The van der Waals surface area contributed by atoms with Crippen molar-refractivity contribution < 1.29 is 0 Å². The zero-order valence-corrected chi connectivity index (χ0v) is 13.8. The van der Waals surface area contributed by atoms with E-state index in [0.29, 0.717) is 12.1 Å². The topological polar surface area (TPSA) is 56.7 Å². The molecule has 116 valence electrons. The van der Waals surface area contributed by atoms with Gasteiger partial charge in [-0.05, 0) is 62.0 Å². The largest absolute Gasteiger partial charge is 0.343 e. The predicted octanol–water partition coefficient (Wildman–Crippen LogP) is 3.21. The summed E-state index contributed by atoms with van der Waals surface area (Å²) in [7, 11) is 0. The fraction of sp³-hybridized carbons (Fsp3) is 0.529. The molecule has 0 spiro atoms. The van der Waals surface area contributed by atoms with Crippen molar-refractivity contribution in [1.29, 1.82) is 0 Å². The van der Waals surface area contributed by atoms with E-state index in [9.17, 15) is 0 Å². The fourth-order valence-corrected chi connectivity index (χ4v) is 4.14. The van der Waals surface area contributed by atoms with Crippen LogP contribution in [0.4, 0.5) is 0 Å². The van der Waals surface area contributed by atoms with Crippen molar-refractivity contribution >= 4 is 11.8 Å². The number of hydrogen-bond donors (Lipinski definition) is 1. The van der Waals surface area contributed by atoms with E-state index in [1.54, 1.807) is 11.8 Å². The first-order valence-electron chi connectivity index (χ1n) is 8.12. The minimum atomic E-state index is 0.389. The predicted molar refractivity (Wildman–Crippen MR) is 90.1 cm³/mol. The molecule has 0 saturated heterocycles. The van der Waals surface area contributed by atoms with E-state index in [0.717, 1.165) is 36.5 Å². The maximum atomic E-state index is 6.07. The second-order valence-corrected chi connectivity index (χ2v) is 7.17. The number of aromatic nitrogens is 3. The molecule has 0 aromatic carbocycles. The minimum absolute atomic E-state index is 0.389. The third-order valence-corrected chi connectivity index (χ3v) is 5.61. The Bertz CT molecular complexity index is 686. The lowest BCUT2D eigenvalue weighted by atomic mass is 9.90. The monoisotopic (exact) mass is 314 g/mol. The third kappa shape index (κ3) is 2.36. The van der Waals surface area contributed by atoms with Crippen LogP contribution in [0.1, 0.15) is 42.9 Å². The lowest BCUT2D eigenvalue weighted by molar-refractivity contribution is 0.326. The van der Waals surface area contributed by atoms with Crippen LogP contribution in [0, 0.1) is 0 Å². The Hall–Kier alpha value is -1.33. The molecule has 2 N–H and O–H groups in total. The van der Waals surface area contributed by atoms with Crippen LogP contribution >= 0.6 is 11.8 Å². The first-order valence-corrected chi connectivity index (χ1v) is 9.34. The number of fused-ring (bicyclic) bond motifs is 3. The summed E-state index contributed by atoms with van der Waals surface area (Å²) in [6.07, 6.45) is 13.1. The molecule has 1 saturated carbocycles. The Morgan fingerprint density at radius 1 is 1.18 bits per heavy atom. The van der Waals surface area contributed by atoms with Crippen molar-refractivity contribution in [2.45, 2.75) is 55.8 Å². The quantitative estimate of drug-likeness (QED) is 0.683. The molecule has 2 heterocycles. The SMILES string of the molecule is CSc1ncc2c(n1)-c1c(ccn1C1CCC(N)CC1)CC2. The Morgan fingerprint density at radius 3 is 2.73 bits per heavy atom. The molecule has 0 bridgehead atoms. The van der Waals surface area contributed by atoms with Crippen LogP contribution in [0.15, 0.2) is 23.6 Å². The van der Waals surface area contributed by atoms with Crippen molar-refractivity contribution in [3.63, 3.8) is 0 Å². The summed E-state index contributed by atoms with van der Waals surface area (Å²) in [5, 5.41) is 0.866. The standard InChI is InChI=1S/C17H22N4S/c1-22-17-19-10-12-3-2-11-8-9-21(16(11)15(12)20-17)14-6-4-13(18)5-7-14/h8-10,13-14H,2-7,18H2,1H3. The maximum Gasteiger partial charge on any atom is 0.187 e. The molecule has 22 heavy (non-hydrogen) atoms. The van der Waals surface area contributed by atoms with Gasteiger partial charge >= 0.3 is 0 Å². The van der Waals surface area contributed by atoms with Gasteiger partial charge in [-0.25, -0.2) is 9.97 Å². The molecule has 1 fully saturated rings. The van der Waals surface area contributed by atoms with Gasteiger partial charge in [0.1, 0.15) is 0 Å². The number of rotatable bonds is 2. The van der Waals surface area contributed by atoms with E-state index in [4.69, 9.17) is 10.7 Å². The summed E-state index contributed by atoms with van der Waals surface area (Å²) in [5.41, 5.74) is 11.3. The van der Waals surface area contributed by atoms with Gasteiger partial charge in [-0.1, -0.05) is 11.8 Å². The van der Waals surface area contributed by atoms with Gasteiger partial charge in [-0.3, -0.25) is 0 Å². The summed E-state index contributed by atoms with van der Waals surface area (Å²) in [4.78, 5) is 9.27. The third-order valence-electron chi connectivity index (χ3n) is 5.05. The van der Waals surface area contributed by atoms with Gasteiger partial charge in [0.15, 0.2) is 5.16 Å². The van der Waals surface area contributed by atoms with Gasteiger partial charge in [0.2, 0.25) is 0 Å². The lowest BCUT2D eigenvalue weighted by Crippen LogP contribution is -2.28. The van der Waals surface area contributed by atoms with Crippen molar-refractivity contribution in [1.82, 2.24) is 14.5 Å². The second-order valence-electron chi connectivity index (χ2n) is 6.40. The molecule has 4 nitrogen and oxygen atoms in total. The van der Waals surface area contributed by atoms with E-state index in [1.807, 2.05) is 12.5 Å². The molecule has 2 aliphatic rings. The Balaban J connectivity index is 1.77. The van der Waals surface area contributed by atoms with Crippen LogP contribution in [0.2, 0.25) is 0 Å². The Labute approximate surface area is 135 Å². The minimum Gasteiger partial charge on any atom is -0.343 e. The van der Waals surface area contributed by atoms with E-state index >= 15 is 0 Å². The highest BCUT2D eigenvalue weighted by atomic mass is 32.2. The molecule has 0 unspecified atom stereocenters. The first kappa shape index (κ1) is 14.3. The molecule has 5 heteroatoms. The van der Waals surface area contributed by atoms with Gasteiger partial charge in [0.05, 0.1) is 11.4 Å². The zero-order chi connectivity index (χ0) is 15.1. The summed E-state index contributed by atoms with van der Waals surface area (Å²) in [5.74, 6) is 0. The van der Waals surface area contributed by atoms with Gasteiger partial charge in [-0.15, -0.1) is 0 Å². The Morgan fingerprint density at radius 2 is 1.95 bits per heavy atom. The van der Waals surface area contributed by atoms with Gasteiger partial charge in [0, 0.05) is 24.5 Å². The van der Waals surface area contributed by atoms with Crippen LogP contribution in [0.3, 0.4) is 0 Å². The molecule has 0 radical (unpaired) electrons. The van der Waals surface area contributed by atoms with Gasteiger partial charge in [-0.2, -0.15) is 0 Å². The highest BCUT2D eigenvalue weighted by Gasteiger charge is 2.27. The van der Waals surface area contributed by atoms with Crippen molar-refractivity contribution in [2.24, 2.45) is 5.73 Å². The average molecular weight is 314 g/mol. The average Bonchev–Trinajstić information content (AvgIpc) is 2.99. The van der Waals surface area contributed by atoms with E-state index in [1.165, 1.54) is 29.7 Å². The summed E-state index contributed by atoms with van der Waals surface area (Å²) in [6.45, 7) is 0. The van der Waals surface area contributed by atoms with Gasteiger partial charge in [0.25, 0.3) is 0 Å². The molecule has 0 amide bonds. The smallest absolute Gasteiger partial charge is 0.187 e. The number of nitrogens with zero attached hydrogens (tertiary/aromatic N) is 3. The number of hydrogen-bond acceptors (Lipinski definition) is 4. The maximum absolute atomic E-state index is 6.07. The molecular formula is C17H22N4S.